The average Bonchev–Trinajstić information content (AvgIpc) is 2.40. The molecule has 3 aliphatic heterocycles. The van der Waals surface area contributed by atoms with Gasteiger partial charge in [-0.2, -0.15) is 0 Å². The highest BCUT2D eigenvalue weighted by Gasteiger charge is 2.36. The van der Waals surface area contributed by atoms with Crippen LogP contribution in [-0.2, 0) is 0 Å². The van der Waals surface area contributed by atoms with Gasteiger partial charge in [0.1, 0.15) is 0 Å². The monoisotopic (exact) mass is 233 g/mol. The fourth-order valence-electron chi connectivity index (χ4n) is 2.83. The van der Waals surface area contributed by atoms with Crippen LogP contribution >= 0.6 is 0 Å². The first-order chi connectivity index (χ1) is 8.24. The Morgan fingerprint density at radius 3 is 2.59 bits per heavy atom. The Bertz CT molecular complexity index is 384. The molecule has 3 saturated heterocycles. The highest BCUT2D eigenvalue weighted by atomic mass is 16.3. The summed E-state index contributed by atoms with van der Waals surface area (Å²) in [5.74, 6) is 0. The molecule has 4 rings (SSSR count). The molecule has 1 N–H and O–H groups in total. The van der Waals surface area contributed by atoms with Crippen molar-refractivity contribution in [3.05, 3.63) is 29.6 Å². The Balaban J connectivity index is 1.77. The predicted octanol–water partition coefficient (Wildman–Crippen LogP) is 0.423. The van der Waals surface area contributed by atoms with E-state index < -0.39 is 6.10 Å². The molecule has 1 aromatic rings. The molecule has 2 bridgehead atoms. The number of aliphatic hydroxyl groups excluding tert-OH is 1. The van der Waals surface area contributed by atoms with Gasteiger partial charge in [0.05, 0.1) is 12.1 Å². The number of aliphatic hydroxyl groups is 1. The third kappa shape index (κ3) is 2.08. The van der Waals surface area contributed by atoms with Crippen LogP contribution in [0, 0.1) is 6.92 Å². The van der Waals surface area contributed by atoms with Gasteiger partial charge in [0, 0.05) is 50.2 Å². The number of hydrogen-bond acceptors (Lipinski definition) is 4. The molecule has 4 heterocycles. The Labute approximate surface area is 102 Å². The van der Waals surface area contributed by atoms with Gasteiger partial charge >= 0.3 is 0 Å². The molecule has 1 aromatic heterocycles. The average molecular weight is 233 g/mol. The quantitative estimate of drug-likeness (QED) is 0.804. The minimum atomic E-state index is -0.411. The molecule has 2 atom stereocenters. The van der Waals surface area contributed by atoms with Gasteiger partial charge in [0.15, 0.2) is 0 Å². The summed E-state index contributed by atoms with van der Waals surface area (Å²) in [5.41, 5.74) is 1.93. The topological polar surface area (TPSA) is 39.6 Å². The van der Waals surface area contributed by atoms with Gasteiger partial charge < -0.3 is 5.11 Å². The summed E-state index contributed by atoms with van der Waals surface area (Å²) in [6, 6.07) is 4.20. The van der Waals surface area contributed by atoms with Gasteiger partial charge in [-0.1, -0.05) is 6.07 Å². The second-order valence-electron chi connectivity index (χ2n) is 5.08. The van der Waals surface area contributed by atoms with Crippen molar-refractivity contribution >= 4 is 0 Å². The van der Waals surface area contributed by atoms with Gasteiger partial charge in [-0.15, -0.1) is 0 Å². The first-order valence-electron chi connectivity index (χ1n) is 6.31. The molecule has 4 heteroatoms. The predicted molar refractivity (Wildman–Crippen MR) is 65.7 cm³/mol. The lowest BCUT2D eigenvalue weighted by Gasteiger charge is -2.49. The summed E-state index contributed by atoms with van der Waals surface area (Å²) < 4.78 is 0. The van der Waals surface area contributed by atoms with Crippen LogP contribution < -0.4 is 0 Å². The molecule has 92 valence electrons. The van der Waals surface area contributed by atoms with Crippen LogP contribution in [0.3, 0.4) is 0 Å². The number of aromatic nitrogens is 1. The summed E-state index contributed by atoms with van der Waals surface area (Å²) in [4.78, 5) is 9.11. The number of pyridine rings is 1. The molecule has 4 nitrogen and oxygen atoms in total. The van der Waals surface area contributed by atoms with Crippen molar-refractivity contribution in [2.45, 2.75) is 19.1 Å². The van der Waals surface area contributed by atoms with E-state index in [0.29, 0.717) is 0 Å². The summed E-state index contributed by atoms with van der Waals surface area (Å²) in [7, 11) is 0. The van der Waals surface area contributed by atoms with Crippen LogP contribution in [0.1, 0.15) is 17.4 Å². The standard InChI is InChI=1S/C13H19N3O/c1-10-2-3-11(8-14-10)13(17)12-9-15-4-6-16(12)7-5-15/h2-3,8,12-13,17H,4-7,9H2,1H3. The van der Waals surface area contributed by atoms with E-state index in [1.807, 2.05) is 19.1 Å². The van der Waals surface area contributed by atoms with Gasteiger partial charge in [-0.25, -0.2) is 0 Å². The van der Waals surface area contributed by atoms with E-state index in [2.05, 4.69) is 14.8 Å². The minimum absolute atomic E-state index is 0.238. The SMILES string of the molecule is Cc1ccc(C(O)C2CN3CCN2CC3)cn1. The maximum absolute atomic E-state index is 10.4. The lowest BCUT2D eigenvalue weighted by atomic mass is 9.97. The smallest absolute Gasteiger partial charge is 0.0972 e. The molecule has 0 saturated carbocycles. The third-order valence-corrected chi connectivity index (χ3v) is 3.96. The molecule has 2 unspecified atom stereocenters. The molecule has 3 fully saturated rings. The zero-order valence-corrected chi connectivity index (χ0v) is 10.2. The molecule has 0 amide bonds. The van der Waals surface area contributed by atoms with Crippen molar-refractivity contribution in [2.75, 3.05) is 32.7 Å². The Kier molecular flexibility index (Phi) is 2.86. The van der Waals surface area contributed by atoms with Gasteiger partial charge in [-0.05, 0) is 13.0 Å². The van der Waals surface area contributed by atoms with Crippen LogP contribution in [-0.4, -0.2) is 58.7 Å². The third-order valence-electron chi connectivity index (χ3n) is 3.96. The summed E-state index contributed by atoms with van der Waals surface area (Å²) in [5, 5.41) is 10.4. The highest BCUT2D eigenvalue weighted by Crippen LogP contribution is 2.26. The fraction of sp³-hybridized carbons (Fsp3) is 0.615. The van der Waals surface area contributed by atoms with Crippen molar-refractivity contribution in [1.29, 1.82) is 0 Å². The fourth-order valence-corrected chi connectivity index (χ4v) is 2.83. The van der Waals surface area contributed by atoms with Crippen molar-refractivity contribution in [3.8, 4) is 0 Å². The maximum atomic E-state index is 10.4. The first kappa shape index (κ1) is 11.1. The number of piperazine rings is 3. The normalized spacial score (nSPS) is 33.6. The zero-order chi connectivity index (χ0) is 11.8. The van der Waals surface area contributed by atoms with E-state index in [1.165, 1.54) is 0 Å². The number of fused-ring (bicyclic) bond motifs is 3. The van der Waals surface area contributed by atoms with E-state index in [9.17, 15) is 5.11 Å². The molecule has 3 aliphatic rings. The lowest BCUT2D eigenvalue weighted by Crippen LogP contribution is -2.62. The largest absolute Gasteiger partial charge is 0.387 e. The van der Waals surface area contributed by atoms with Crippen LogP contribution in [0.2, 0.25) is 0 Å². The van der Waals surface area contributed by atoms with Crippen LogP contribution in [0.25, 0.3) is 0 Å². The van der Waals surface area contributed by atoms with Gasteiger partial charge in [0.25, 0.3) is 0 Å². The van der Waals surface area contributed by atoms with Crippen LogP contribution in [0.4, 0.5) is 0 Å². The van der Waals surface area contributed by atoms with E-state index in [1.54, 1.807) is 6.20 Å². The Hall–Kier alpha value is -0.970. The van der Waals surface area contributed by atoms with E-state index in [-0.39, 0.29) is 6.04 Å². The maximum Gasteiger partial charge on any atom is 0.0972 e. The summed E-state index contributed by atoms with van der Waals surface area (Å²) in [6.07, 6.45) is 1.39. The van der Waals surface area contributed by atoms with Gasteiger partial charge in [0.2, 0.25) is 0 Å². The van der Waals surface area contributed by atoms with E-state index >= 15 is 0 Å². The Morgan fingerprint density at radius 1 is 1.29 bits per heavy atom. The van der Waals surface area contributed by atoms with E-state index in [0.717, 1.165) is 44.0 Å². The first-order valence-corrected chi connectivity index (χ1v) is 6.31. The van der Waals surface area contributed by atoms with Crippen molar-refractivity contribution in [2.24, 2.45) is 0 Å². The molecule has 0 radical (unpaired) electrons. The van der Waals surface area contributed by atoms with Crippen LogP contribution in [0.5, 0.6) is 0 Å². The van der Waals surface area contributed by atoms with E-state index in [4.69, 9.17) is 0 Å². The van der Waals surface area contributed by atoms with Gasteiger partial charge in [-0.3, -0.25) is 14.8 Å². The second kappa shape index (κ2) is 4.37. The summed E-state index contributed by atoms with van der Waals surface area (Å²) >= 11 is 0. The lowest BCUT2D eigenvalue weighted by molar-refractivity contribution is -0.0471. The minimum Gasteiger partial charge on any atom is -0.387 e. The summed E-state index contributed by atoms with van der Waals surface area (Å²) in [6.45, 7) is 7.41. The zero-order valence-electron chi connectivity index (χ0n) is 10.2. The number of nitrogens with zero attached hydrogens (tertiary/aromatic N) is 3. The van der Waals surface area contributed by atoms with Crippen LogP contribution in [0.15, 0.2) is 18.3 Å². The molecule has 17 heavy (non-hydrogen) atoms. The van der Waals surface area contributed by atoms with Crippen molar-refractivity contribution < 1.29 is 5.11 Å². The molecule has 0 aliphatic carbocycles. The molecule has 0 spiro atoms. The van der Waals surface area contributed by atoms with Crippen molar-refractivity contribution in [3.63, 3.8) is 0 Å². The number of hydrogen-bond donors (Lipinski definition) is 1. The molecular weight excluding hydrogens is 214 g/mol. The van der Waals surface area contributed by atoms with Crippen molar-refractivity contribution in [1.82, 2.24) is 14.8 Å². The Morgan fingerprint density at radius 2 is 2.06 bits per heavy atom. The molecule has 0 aromatic carbocycles. The molecular formula is C13H19N3O. The second-order valence-corrected chi connectivity index (χ2v) is 5.08. The highest BCUT2D eigenvalue weighted by molar-refractivity contribution is 5.18. The number of aryl methyl sites for hydroxylation is 1. The number of rotatable bonds is 2.